The largest absolute Gasteiger partial charge is 0.350 e. The predicted molar refractivity (Wildman–Crippen MR) is 109 cm³/mol. The van der Waals surface area contributed by atoms with E-state index in [0.717, 1.165) is 12.8 Å². The lowest BCUT2D eigenvalue weighted by molar-refractivity contribution is -0.122. The second kappa shape index (κ2) is 8.66. The highest BCUT2D eigenvalue weighted by molar-refractivity contribution is 5.86. The van der Waals surface area contributed by atoms with Gasteiger partial charge in [-0.25, -0.2) is 0 Å². The molecule has 1 amide bonds. The molecule has 0 heterocycles. The first-order valence-corrected chi connectivity index (χ1v) is 9.44. The predicted octanol–water partition coefficient (Wildman–Crippen LogP) is 5.68. The Balaban J connectivity index is 1.55. The first-order chi connectivity index (χ1) is 12.6. The van der Waals surface area contributed by atoms with Gasteiger partial charge in [0.05, 0.1) is 6.04 Å². The minimum absolute atomic E-state index is 0.00919. The maximum atomic E-state index is 12.5. The van der Waals surface area contributed by atoms with Crippen molar-refractivity contribution in [1.82, 2.24) is 5.32 Å². The third-order valence-electron chi connectivity index (χ3n) is 4.97. The molecule has 0 bridgehead atoms. The van der Waals surface area contributed by atoms with Crippen LogP contribution in [0, 0.1) is 5.92 Å². The summed E-state index contributed by atoms with van der Waals surface area (Å²) < 4.78 is 0. The van der Waals surface area contributed by atoms with E-state index >= 15 is 0 Å². The molecule has 0 aliphatic rings. The number of aryl methyl sites for hydroxylation is 1. The van der Waals surface area contributed by atoms with Crippen LogP contribution in [0.1, 0.15) is 43.9 Å². The number of carbonyl (C=O) groups is 1. The van der Waals surface area contributed by atoms with E-state index in [1.807, 2.05) is 18.2 Å². The summed E-state index contributed by atoms with van der Waals surface area (Å²) in [5.74, 6) is 0.501. The molecule has 0 aliphatic heterocycles. The Kier molecular flexibility index (Phi) is 6.06. The lowest BCUT2D eigenvalue weighted by Gasteiger charge is -2.18. The average Bonchev–Trinajstić information content (AvgIpc) is 2.66. The number of amides is 1. The van der Waals surface area contributed by atoms with Crippen LogP contribution in [0.2, 0.25) is 0 Å². The van der Waals surface area contributed by atoms with Crippen molar-refractivity contribution < 1.29 is 4.79 Å². The number of fused-ring (bicyclic) bond motifs is 1. The van der Waals surface area contributed by atoms with Crippen molar-refractivity contribution in [2.75, 3.05) is 0 Å². The molecule has 0 fully saturated rings. The molecule has 3 rings (SSSR count). The molecule has 0 radical (unpaired) electrons. The summed E-state index contributed by atoms with van der Waals surface area (Å²) in [6.07, 6.45) is 2.62. The molecule has 2 unspecified atom stereocenters. The zero-order valence-electron chi connectivity index (χ0n) is 15.6. The van der Waals surface area contributed by atoms with Crippen molar-refractivity contribution >= 4 is 16.7 Å². The Morgan fingerprint density at radius 2 is 1.58 bits per heavy atom. The van der Waals surface area contributed by atoms with E-state index in [1.165, 1.54) is 21.9 Å². The van der Waals surface area contributed by atoms with E-state index in [4.69, 9.17) is 0 Å². The second-order valence-electron chi connectivity index (χ2n) is 7.19. The number of rotatable bonds is 7. The van der Waals surface area contributed by atoms with Gasteiger partial charge in [-0.1, -0.05) is 79.7 Å². The van der Waals surface area contributed by atoms with Crippen LogP contribution in [0.4, 0.5) is 0 Å². The fourth-order valence-electron chi connectivity index (χ4n) is 3.48. The van der Waals surface area contributed by atoms with Crippen molar-refractivity contribution in [3.8, 4) is 0 Å². The van der Waals surface area contributed by atoms with Crippen molar-refractivity contribution in [1.29, 1.82) is 0 Å². The normalized spacial score (nSPS) is 13.3. The summed E-state index contributed by atoms with van der Waals surface area (Å²) in [6, 6.07) is 25.1. The van der Waals surface area contributed by atoms with Gasteiger partial charge < -0.3 is 5.32 Å². The topological polar surface area (TPSA) is 29.1 Å². The highest BCUT2D eigenvalue weighted by Gasteiger charge is 2.14. The van der Waals surface area contributed by atoms with E-state index in [2.05, 4.69) is 73.8 Å². The minimum atomic E-state index is 0.00919. The number of hydrogen-bond donors (Lipinski definition) is 1. The van der Waals surface area contributed by atoms with Crippen LogP contribution in [-0.2, 0) is 11.2 Å². The zero-order valence-corrected chi connectivity index (χ0v) is 15.6. The van der Waals surface area contributed by atoms with Gasteiger partial charge in [0, 0.05) is 6.42 Å². The highest BCUT2D eigenvalue weighted by atomic mass is 16.1. The van der Waals surface area contributed by atoms with E-state index in [1.54, 1.807) is 0 Å². The van der Waals surface area contributed by atoms with Gasteiger partial charge in [0.1, 0.15) is 0 Å². The summed E-state index contributed by atoms with van der Waals surface area (Å²) >= 11 is 0. The van der Waals surface area contributed by atoms with Crippen LogP contribution in [-0.4, -0.2) is 5.91 Å². The smallest absolute Gasteiger partial charge is 0.220 e. The van der Waals surface area contributed by atoms with Crippen LogP contribution >= 0.6 is 0 Å². The number of hydrogen-bond acceptors (Lipinski definition) is 1. The minimum Gasteiger partial charge on any atom is -0.350 e. The van der Waals surface area contributed by atoms with Crippen molar-refractivity contribution in [2.45, 2.75) is 39.2 Å². The molecule has 134 valence electrons. The van der Waals surface area contributed by atoms with Crippen molar-refractivity contribution in [3.05, 3.63) is 83.9 Å². The van der Waals surface area contributed by atoms with Gasteiger partial charge >= 0.3 is 0 Å². The van der Waals surface area contributed by atoms with Crippen molar-refractivity contribution in [2.24, 2.45) is 5.92 Å². The van der Waals surface area contributed by atoms with E-state index in [-0.39, 0.29) is 11.9 Å². The molecule has 2 atom stereocenters. The summed E-state index contributed by atoms with van der Waals surface area (Å²) in [5.41, 5.74) is 2.51. The summed E-state index contributed by atoms with van der Waals surface area (Å²) in [7, 11) is 0. The molecule has 2 nitrogen and oxygen atoms in total. The quantitative estimate of drug-likeness (QED) is 0.587. The number of benzene rings is 3. The van der Waals surface area contributed by atoms with Gasteiger partial charge in [-0.05, 0) is 47.6 Å². The highest BCUT2D eigenvalue weighted by Crippen LogP contribution is 2.24. The van der Waals surface area contributed by atoms with Gasteiger partial charge in [-0.3, -0.25) is 4.79 Å². The summed E-state index contributed by atoms with van der Waals surface area (Å²) in [6.45, 7) is 4.22. The molecule has 0 aliphatic carbocycles. The molecular formula is C24H27NO. The van der Waals surface area contributed by atoms with Gasteiger partial charge in [0.2, 0.25) is 5.91 Å². The molecule has 26 heavy (non-hydrogen) atoms. The Morgan fingerprint density at radius 1 is 0.885 bits per heavy atom. The lowest BCUT2D eigenvalue weighted by Crippen LogP contribution is -2.28. The van der Waals surface area contributed by atoms with Gasteiger partial charge in [-0.2, -0.15) is 0 Å². The Labute approximate surface area is 156 Å². The fourth-order valence-corrected chi connectivity index (χ4v) is 3.48. The standard InChI is InChI=1S/C24H27NO/c1-18(15-16-20-9-4-3-5-10-20)17-24(26)25-19(2)22-14-8-12-21-11-6-7-13-23(21)22/h3-14,18-19H,15-17H2,1-2H3,(H,25,26). The maximum absolute atomic E-state index is 12.5. The van der Waals surface area contributed by atoms with Crippen LogP contribution in [0.25, 0.3) is 10.8 Å². The monoisotopic (exact) mass is 345 g/mol. The Bertz CT molecular complexity index is 851. The number of carbonyl (C=O) groups excluding carboxylic acids is 1. The van der Waals surface area contributed by atoms with Gasteiger partial charge in [0.25, 0.3) is 0 Å². The van der Waals surface area contributed by atoms with Gasteiger partial charge in [0.15, 0.2) is 0 Å². The molecule has 2 heteroatoms. The first kappa shape index (κ1) is 18.2. The van der Waals surface area contributed by atoms with Crippen LogP contribution < -0.4 is 5.32 Å². The average molecular weight is 345 g/mol. The van der Waals surface area contributed by atoms with Crippen LogP contribution in [0.15, 0.2) is 72.8 Å². The summed E-state index contributed by atoms with van der Waals surface area (Å²) in [5, 5.41) is 5.60. The van der Waals surface area contributed by atoms with Crippen molar-refractivity contribution in [3.63, 3.8) is 0 Å². The van der Waals surface area contributed by atoms with E-state index in [0.29, 0.717) is 12.3 Å². The molecule has 0 spiro atoms. The zero-order chi connectivity index (χ0) is 18.4. The fraction of sp³-hybridized carbons (Fsp3) is 0.292. The summed E-state index contributed by atoms with van der Waals surface area (Å²) in [4.78, 5) is 12.5. The third-order valence-corrected chi connectivity index (χ3v) is 4.97. The molecular weight excluding hydrogens is 318 g/mol. The van der Waals surface area contributed by atoms with Crippen LogP contribution in [0.3, 0.4) is 0 Å². The molecule has 0 saturated heterocycles. The molecule has 1 N–H and O–H groups in total. The lowest BCUT2D eigenvalue weighted by atomic mass is 9.97. The first-order valence-electron chi connectivity index (χ1n) is 9.44. The third kappa shape index (κ3) is 4.72. The molecule has 0 saturated carbocycles. The molecule has 3 aromatic rings. The maximum Gasteiger partial charge on any atom is 0.220 e. The Morgan fingerprint density at radius 3 is 2.38 bits per heavy atom. The van der Waals surface area contributed by atoms with Gasteiger partial charge in [-0.15, -0.1) is 0 Å². The second-order valence-corrected chi connectivity index (χ2v) is 7.19. The van der Waals surface area contributed by atoms with E-state index in [9.17, 15) is 4.79 Å². The number of nitrogens with one attached hydrogen (secondary N) is 1. The Hall–Kier alpha value is -2.61. The van der Waals surface area contributed by atoms with E-state index < -0.39 is 0 Å². The van der Waals surface area contributed by atoms with Crippen LogP contribution in [0.5, 0.6) is 0 Å². The SMILES string of the molecule is CC(CCc1ccccc1)CC(=O)NC(C)c1cccc2ccccc12. The molecule has 3 aromatic carbocycles. The molecule has 0 aromatic heterocycles.